The average molecular weight is 317 g/mol. The Morgan fingerprint density at radius 3 is 2.60 bits per heavy atom. The maximum Gasteiger partial charge on any atom is 0.242 e. The van der Waals surface area contributed by atoms with Gasteiger partial charge in [-0.2, -0.15) is 5.26 Å². The van der Waals surface area contributed by atoms with E-state index in [4.69, 9.17) is 21.6 Å². The maximum atomic E-state index is 12.2. The topological polar surface area (TPSA) is 79.2 Å². The van der Waals surface area contributed by atoms with Crippen LogP contribution in [0.2, 0.25) is 5.02 Å². The Morgan fingerprint density at radius 1 is 1.45 bits per heavy atom. The molecule has 7 heteroatoms. The highest BCUT2D eigenvalue weighted by Crippen LogP contribution is 2.22. The molecule has 20 heavy (non-hydrogen) atoms. The molecule has 0 unspecified atom stereocenters. The number of ether oxygens (including phenoxy) is 1. The van der Waals surface area contributed by atoms with E-state index in [0.717, 1.165) is 0 Å². The van der Waals surface area contributed by atoms with Crippen LogP contribution in [0.1, 0.15) is 26.3 Å². The lowest BCUT2D eigenvalue weighted by molar-refractivity contribution is -0.00515. The monoisotopic (exact) mass is 316 g/mol. The van der Waals surface area contributed by atoms with Gasteiger partial charge < -0.3 is 4.74 Å². The highest BCUT2D eigenvalue weighted by Gasteiger charge is 2.24. The largest absolute Gasteiger partial charge is 0.375 e. The van der Waals surface area contributed by atoms with Crippen LogP contribution in [-0.4, -0.2) is 27.2 Å². The fourth-order valence-corrected chi connectivity index (χ4v) is 3.32. The fourth-order valence-electron chi connectivity index (χ4n) is 1.58. The van der Waals surface area contributed by atoms with Crippen molar-refractivity contribution < 1.29 is 13.2 Å². The number of nitrogens with one attached hydrogen (secondary N) is 1. The van der Waals surface area contributed by atoms with Crippen LogP contribution in [0.3, 0.4) is 0 Å². The molecule has 0 aliphatic carbocycles. The van der Waals surface area contributed by atoms with Crippen molar-refractivity contribution in [3.63, 3.8) is 0 Å². The highest BCUT2D eigenvalue weighted by atomic mass is 35.5. The summed E-state index contributed by atoms with van der Waals surface area (Å²) in [6.45, 7) is 6.04. The Morgan fingerprint density at radius 2 is 2.10 bits per heavy atom. The van der Waals surface area contributed by atoms with E-state index in [-0.39, 0.29) is 16.5 Å². The van der Waals surface area contributed by atoms with E-state index in [2.05, 4.69) is 4.72 Å². The second-order valence-corrected chi connectivity index (χ2v) is 6.92. The molecule has 0 atom stereocenters. The first kappa shape index (κ1) is 16.9. The Balaban J connectivity index is 2.93. The molecule has 0 bridgehead atoms. The van der Waals surface area contributed by atoms with Crippen molar-refractivity contribution in [1.82, 2.24) is 4.72 Å². The predicted molar refractivity (Wildman–Crippen MR) is 77.1 cm³/mol. The van der Waals surface area contributed by atoms with Gasteiger partial charge in [0.15, 0.2) is 0 Å². The Bertz CT molecular complexity index is 621. The van der Waals surface area contributed by atoms with Crippen molar-refractivity contribution in [3.8, 4) is 6.07 Å². The number of hydrogen-bond donors (Lipinski definition) is 1. The van der Waals surface area contributed by atoms with Crippen molar-refractivity contribution in [2.75, 3.05) is 13.2 Å². The third-order valence-corrected chi connectivity index (χ3v) is 4.46. The number of benzene rings is 1. The Labute approximate surface area is 124 Å². The van der Waals surface area contributed by atoms with E-state index in [9.17, 15) is 8.42 Å². The van der Waals surface area contributed by atoms with Crippen LogP contribution in [0, 0.1) is 11.3 Å². The zero-order chi connectivity index (χ0) is 15.4. The second-order valence-electron chi connectivity index (χ2n) is 4.77. The van der Waals surface area contributed by atoms with E-state index in [1.165, 1.54) is 18.2 Å². The van der Waals surface area contributed by atoms with Gasteiger partial charge in [-0.1, -0.05) is 11.6 Å². The van der Waals surface area contributed by atoms with Crippen molar-refractivity contribution in [2.45, 2.75) is 31.3 Å². The summed E-state index contributed by atoms with van der Waals surface area (Å²) in [7, 11) is -3.74. The van der Waals surface area contributed by atoms with E-state index in [0.29, 0.717) is 12.2 Å². The summed E-state index contributed by atoms with van der Waals surface area (Å²) in [4.78, 5) is -0.0505. The molecule has 1 aromatic rings. The lowest BCUT2D eigenvalue weighted by atomic mass is 10.1. The Kier molecular flexibility index (Phi) is 5.54. The van der Waals surface area contributed by atoms with Crippen LogP contribution in [-0.2, 0) is 14.8 Å². The summed E-state index contributed by atoms with van der Waals surface area (Å²) in [6, 6.07) is 5.95. The first-order chi connectivity index (χ1) is 9.22. The van der Waals surface area contributed by atoms with Crippen LogP contribution in [0.5, 0.6) is 0 Å². The lowest BCUT2D eigenvalue weighted by Crippen LogP contribution is -2.40. The highest BCUT2D eigenvalue weighted by molar-refractivity contribution is 7.89. The molecule has 0 radical (unpaired) electrons. The van der Waals surface area contributed by atoms with Crippen LogP contribution >= 0.6 is 11.6 Å². The minimum Gasteiger partial charge on any atom is -0.375 e. The summed E-state index contributed by atoms with van der Waals surface area (Å²) in [5.74, 6) is 0. The minimum absolute atomic E-state index is 0.0192. The summed E-state index contributed by atoms with van der Waals surface area (Å²) in [6.07, 6.45) is 0. The number of nitriles is 1. The number of sulfonamides is 1. The third-order valence-electron chi connectivity index (χ3n) is 2.57. The number of rotatable bonds is 6. The van der Waals surface area contributed by atoms with Crippen LogP contribution < -0.4 is 4.72 Å². The van der Waals surface area contributed by atoms with Crippen LogP contribution in [0.4, 0.5) is 0 Å². The summed E-state index contributed by atoms with van der Waals surface area (Å²) < 4.78 is 32.2. The summed E-state index contributed by atoms with van der Waals surface area (Å²) in [5, 5.41) is 8.75. The molecule has 0 saturated carbocycles. The van der Waals surface area contributed by atoms with Gasteiger partial charge in [0, 0.05) is 13.2 Å². The van der Waals surface area contributed by atoms with Gasteiger partial charge >= 0.3 is 0 Å². The van der Waals surface area contributed by atoms with Crippen LogP contribution in [0.15, 0.2) is 23.1 Å². The van der Waals surface area contributed by atoms with E-state index in [1.807, 2.05) is 13.0 Å². The van der Waals surface area contributed by atoms with Gasteiger partial charge in [0.1, 0.15) is 4.90 Å². The van der Waals surface area contributed by atoms with Gasteiger partial charge in [-0.25, -0.2) is 13.1 Å². The predicted octanol–water partition coefficient (Wildman–Crippen LogP) is 2.31. The summed E-state index contributed by atoms with van der Waals surface area (Å²) >= 11 is 5.90. The van der Waals surface area contributed by atoms with Gasteiger partial charge in [-0.3, -0.25) is 0 Å². The fraction of sp³-hybridized carbons (Fsp3) is 0.462. The standard InChI is InChI=1S/C13H17ClN2O3S/c1-4-19-13(2,3)9-16-20(17,18)12-6-5-10(8-15)7-11(12)14/h5-7,16H,4,9H2,1-3H3. The smallest absolute Gasteiger partial charge is 0.242 e. The normalized spacial score (nSPS) is 12.2. The van der Waals surface area contributed by atoms with Crippen molar-refractivity contribution in [2.24, 2.45) is 0 Å². The van der Waals surface area contributed by atoms with Gasteiger partial charge in [-0.15, -0.1) is 0 Å². The molecule has 1 aromatic carbocycles. The van der Waals surface area contributed by atoms with Crippen LogP contribution in [0.25, 0.3) is 0 Å². The quantitative estimate of drug-likeness (QED) is 0.873. The molecular weight excluding hydrogens is 300 g/mol. The average Bonchev–Trinajstić information content (AvgIpc) is 2.36. The molecule has 1 N–H and O–H groups in total. The molecule has 0 fully saturated rings. The summed E-state index contributed by atoms with van der Waals surface area (Å²) in [5.41, 5.74) is -0.301. The minimum atomic E-state index is -3.74. The molecule has 0 aliphatic rings. The zero-order valence-corrected chi connectivity index (χ0v) is 13.2. The molecule has 110 valence electrons. The van der Waals surface area contributed by atoms with E-state index >= 15 is 0 Å². The lowest BCUT2D eigenvalue weighted by Gasteiger charge is -2.24. The number of nitrogens with zero attached hydrogens (tertiary/aromatic N) is 1. The SMILES string of the molecule is CCOC(C)(C)CNS(=O)(=O)c1ccc(C#N)cc1Cl. The first-order valence-corrected chi connectivity index (χ1v) is 7.91. The zero-order valence-electron chi connectivity index (χ0n) is 11.6. The van der Waals surface area contributed by atoms with Crippen molar-refractivity contribution in [1.29, 1.82) is 5.26 Å². The molecule has 0 spiro atoms. The number of hydrogen-bond acceptors (Lipinski definition) is 4. The van der Waals surface area contributed by atoms with E-state index in [1.54, 1.807) is 13.8 Å². The van der Waals surface area contributed by atoms with Crippen molar-refractivity contribution in [3.05, 3.63) is 28.8 Å². The van der Waals surface area contributed by atoms with Gasteiger partial charge in [0.2, 0.25) is 10.0 Å². The van der Waals surface area contributed by atoms with E-state index < -0.39 is 15.6 Å². The Hall–Kier alpha value is -1.13. The van der Waals surface area contributed by atoms with Gasteiger partial charge in [-0.05, 0) is 39.0 Å². The molecule has 0 heterocycles. The first-order valence-electron chi connectivity index (χ1n) is 6.05. The number of halogens is 1. The molecule has 0 aromatic heterocycles. The van der Waals surface area contributed by atoms with Crippen molar-refractivity contribution >= 4 is 21.6 Å². The maximum absolute atomic E-state index is 12.2. The van der Waals surface area contributed by atoms with Gasteiger partial charge in [0.05, 0.1) is 22.3 Å². The third kappa shape index (κ3) is 4.46. The molecule has 0 amide bonds. The molecule has 5 nitrogen and oxygen atoms in total. The molecular formula is C13H17ClN2O3S. The van der Waals surface area contributed by atoms with Gasteiger partial charge in [0.25, 0.3) is 0 Å². The molecule has 0 aliphatic heterocycles. The molecule has 1 rings (SSSR count). The second kappa shape index (κ2) is 6.55. The molecule has 0 saturated heterocycles.